The Morgan fingerprint density at radius 1 is 0.867 bits per heavy atom. The Bertz CT molecular complexity index is 782. The number of carbonyl (C=O) groups excluding carboxylic acids is 3. The van der Waals surface area contributed by atoms with Crippen molar-refractivity contribution in [1.29, 1.82) is 0 Å². The molecule has 4 atom stereocenters. The summed E-state index contributed by atoms with van der Waals surface area (Å²) < 4.78 is 0. The molecule has 7 N–H and O–H groups in total. The first-order chi connectivity index (χ1) is 14.0. The number of carbonyl (C=O) groups is 5. The van der Waals surface area contributed by atoms with Gasteiger partial charge >= 0.3 is 11.9 Å². The van der Waals surface area contributed by atoms with Crippen LogP contribution in [0.25, 0.3) is 0 Å². The van der Waals surface area contributed by atoms with Crippen LogP contribution in [-0.2, 0) is 30.4 Å². The van der Waals surface area contributed by atoms with Gasteiger partial charge in [0.1, 0.15) is 18.1 Å². The fraction of sp³-hybridized carbons (Fsp3) is 0.421. The van der Waals surface area contributed by atoms with Gasteiger partial charge in [-0.25, -0.2) is 4.79 Å². The zero-order chi connectivity index (χ0) is 22.8. The molecule has 0 radical (unpaired) electrons. The lowest BCUT2D eigenvalue weighted by molar-refractivity contribution is -0.143. The highest BCUT2D eigenvalue weighted by molar-refractivity contribution is 5.95. The van der Waals surface area contributed by atoms with Gasteiger partial charge in [-0.2, -0.15) is 0 Å². The minimum absolute atomic E-state index is 0.0313. The van der Waals surface area contributed by atoms with E-state index in [2.05, 4.69) is 16.0 Å². The molecule has 1 aromatic rings. The van der Waals surface area contributed by atoms with Gasteiger partial charge in [0, 0.05) is 6.42 Å². The third-order valence-corrected chi connectivity index (χ3v) is 4.07. The highest BCUT2D eigenvalue weighted by Gasteiger charge is 2.30. The fourth-order valence-electron chi connectivity index (χ4n) is 2.41. The average Bonchev–Trinajstić information content (AvgIpc) is 2.66. The van der Waals surface area contributed by atoms with Gasteiger partial charge < -0.3 is 31.9 Å². The molecule has 1 aromatic carbocycles. The van der Waals surface area contributed by atoms with Crippen molar-refractivity contribution >= 4 is 29.7 Å². The number of rotatable bonds is 11. The lowest BCUT2D eigenvalue weighted by atomic mass is 10.0. The molecule has 0 fully saturated rings. The predicted molar refractivity (Wildman–Crippen MR) is 105 cm³/mol. The summed E-state index contributed by atoms with van der Waals surface area (Å²) in [6, 6.07) is 3.71. The van der Waals surface area contributed by atoms with Crippen molar-refractivity contribution in [2.75, 3.05) is 0 Å². The van der Waals surface area contributed by atoms with Crippen LogP contribution in [0.1, 0.15) is 25.8 Å². The SMILES string of the molecule is CC(N)C(=O)NC(C)C(=O)NC(CC(=O)O)C(=O)NC(Cc1ccccc1)C(=O)O. The molecule has 0 aliphatic heterocycles. The van der Waals surface area contributed by atoms with Crippen molar-refractivity contribution in [3.05, 3.63) is 35.9 Å². The first-order valence-electron chi connectivity index (χ1n) is 9.16. The van der Waals surface area contributed by atoms with E-state index in [0.717, 1.165) is 0 Å². The number of carboxylic acid groups (broad SMARTS) is 2. The Morgan fingerprint density at radius 3 is 1.93 bits per heavy atom. The first-order valence-corrected chi connectivity index (χ1v) is 9.16. The van der Waals surface area contributed by atoms with Gasteiger partial charge in [0.15, 0.2) is 0 Å². The molecule has 11 heteroatoms. The Hall–Kier alpha value is -3.47. The molecule has 4 unspecified atom stereocenters. The average molecular weight is 422 g/mol. The topological polar surface area (TPSA) is 188 Å². The van der Waals surface area contributed by atoms with Crippen LogP contribution in [0.15, 0.2) is 30.3 Å². The Kier molecular flexibility index (Phi) is 9.43. The van der Waals surface area contributed by atoms with E-state index >= 15 is 0 Å². The van der Waals surface area contributed by atoms with Crippen molar-refractivity contribution in [1.82, 2.24) is 16.0 Å². The van der Waals surface area contributed by atoms with Crippen molar-refractivity contribution in [3.63, 3.8) is 0 Å². The quantitative estimate of drug-likeness (QED) is 0.251. The maximum absolute atomic E-state index is 12.5. The van der Waals surface area contributed by atoms with Crippen LogP contribution in [-0.4, -0.2) is 64.0 Å². The summed E-state index contributed by atoms with van der Waals surface area (Å²) in [6.07, 6.45) is -0.806. The molecule has 3 amide bonds. The molecule has 30 heavy (non-hydrogen) atoms. The predicted octanol–water partition coefficient (Wildman–Crippen LogP) is -1.39. The van der Waals surface area contributed by atoms with Crippen LogP contribution in [0.3, 0.4) is 0 Å². The largest absolute Gasteiger partial charge is 0.481 e. The summed E-state index contributed by atoms with van der Waals surface area (Å²) in [7, 11) is 0. The normalized spacial score (nSPS) is 14.5. The molecule has 0 aliphatic carbocycles. The maximum Gasteiger partial charge on any atom is 0.326 e. The van der Waals surface area contributed by atoms with E-state index in [1.807, 2.05) is 0 Å². The van der Waals surface area contributed by atoms with Crippen LogP contribution >= 0.6 is 0 Å². The molecule has 0 heterocycles. The molecule has 0 spiro atoms. The summed E-state index contributed by atoms with van der Waals surface area (Å²) in [6.45, 7) is 2.75. The van der Waals surface area contributed by atoms with Gasteiger partial charge in [-0.1, -0.05) is 30.3 Å². The molecule has 1 rings (SSSR count). The number of benzene rings is 1. The zero-order valence-corrected chi connectivity index (χ0v) is 16.6. The summed E-state index contributed by atoms with van der Waals surface area (Å²) in [5.74, 6) is -5.09. The van der Waals surface area contributed by atoms with Crippen LogP contribution in [0.5, 0.6) is 0 Å². The minimum atomic E-state index is -1.54. The molecular formula is C19H26N4O7. The number of carboxylic acids is 2. The van der Waals surface area contributed by atoms with E-state index in [0.29, 0.717) is 5.56 Å². The number of hydrogen-bond acceptors (Lipinski definition) is 6. The third-order valence-electron chi connectivity index (χ3n) is 4.07. The Labute approximate surface area is 173 Å². The van der Waals surface area contributed by atoms with Crippen molar-refractivity contribution in [3.8, 4) is 0 Å². The summed E-state index contributed by atoms with van der Waals surface area (Å²) in [5.41, 5.74) is 6.05. The van der Waals surface area contributed by atoms with Crippen LogP contribution in [0, 0.1) is 0 Å². The summed E-state index contributed by atoms with van der Waals surface area (Å²) >= 11 is 0. The van der Waals surface area contributed by atoms with Crippen LogP contribution in [0.2, 0.25) is 0 Å². The summed E-state index contributed by atoms with van der Waals surface area (Å²) in [5, 5.41) is 25.2. The molecule has 164 valence electrons. The molecule has 11 nitrogen and oxygen atoms in total. The van der Waals surface area contributed by atoms with E-state index in [1.54, 1.807) is 30.3 Å². The summed E-state index contributed by atoms with van der Waals surface area (Å²) in [4.78, 5) is 59.0. The second-order valence-corrected chi connectivity index (χ2v) is 6.77. The van der Waals surface area contributed by atoms with E-state index in [9.17, 15) is 29.1 Å². The van der Waals surface area contributed by atoms with Gasteiger partial charge in [-0.05, 0) is 19.4 Å². The molecular weight excluding hydrogens is 396 g/mol. The lowest BCUT2D eigenvalue weighted by Gasteiger charge is -2.22. The molecule has 0 aliphatic rings. The highest BCUT2D eigenvalue weighted by Crippen LogP contribution is 2.05. The van der Waals surface area contributed by atoms with E-state index < -0.39 is 60.2 Å². The standard InChI is InChI=1S/C19H26N4O7/c1-10(20)16(26)21-11(2)17(27)22-13(9-15(24)25)18(28)23-14(19(29)30)8-12-6-4-3-5-7-12/h3-7,10-11,13-14H,8-9,20H2,1-2H3,(H,21,26)(H,22,27)(H,23,28)(H,24,25)(H,29,30). The number of hydrogen-bond donors (Lipinski definition) is 6. The zero-order valence-electron chi connectivity index (χ0n) is 16.6. The molecule has 0 saturated carbocycles. The van der Waals surface area contributed by atoms with Crippen LogP contribution in [0.4, 0.5) is 0 Å². The minimum Gasteiger partial charge on any atom is -0.481 e. The van der Waals surface area contributed by atoms with Gasteiger partial charge in [0.2, 0.25) is 17.7 Å². The van der Waals surface area contributed by atoms with E-state index in [-0.39, 0.29) is 6.42 Å². The Morgan fingerprint density at radius 2 is 1.43 bits per heavy atom. The third kappa shape index (κ3) is 8.27. The monoisotopic (exact) mass is 422 g/mol. The van der Waals surface area contributed by atoms with Gasteiger partial charge in [0.05, 0.1) is 12.5 Å². The number of aliphatic carboxylic acids is 2. The lowest BCUT2D eigenvalue weighted by Crippen LogP contribution is -2.56. The molecule has 0 saturated heterocycles. The molecule has 0 bridgehead atoms. The van der Waals surface area contributed by atoms with E-state index in [4.69, 9.17) is 10.8 Å². The maximum atomic E-state index is 12.5. The Balaban J connectivity index is 2.85. The van der Waals surface area contributed by atoms with Gasteiger partial charge in [-0.15, -0.1) is 0 Å². The number of nitrogens with one attached hydrogen (secondary N) is 3. The van der Waals surface area contributed by atoms with Gasteiger partial charge in [0.25, 0.3) is 0 Å². The van der Waals surface area contributed by atoms with Crippen LogP contribution < -0.4 is 21.7 Å². The second-order valence-electron chi connectivity index (χ2n) is 6.77. The van der Waals surface area contributed by atoms with Crippen molar-refractivity contribution in [2.45, 2.75) is 50.9 Å². The smallest absolute Gasteiger partial charge is 0.326 e. The molecule has 0 aromatic heterocycles. The van der Waals surface area contributed by atoms with Gasteiger partial charge in [-0.3, -0.25) is 19.2 Å². The second kappa shape index (κ2) is 11.5. The van der Waals surface area contributed by atoms with E-state index in [1.165, 1.54) is 13.8 Å². The highest BCUT2D eigenvalue weighted by atomic mass is 16.4. The number of nitrogens with two attached hydrogens (primary N) is 1. The van der Waals surface area contributed by atoms with Crippen molar-refractivity contribution in [2.24, 2.45) is 5.73 Å². The number of amides is 3. The van der Waals surface area contributed by atoms with Crippen molar-refractivity contribution < 1.29 is 34.2 Å². The fourth-order valence-corrected chi connectivity index (χ4v) is 2.41. The first kappa shape index (κ1) is 24.6.